The molecule has 0 saturated carbocycles. The van der Waals surface area contributed by atoms with Gasteiger partial charge < -0.3 is 14.6 Å². The van der Waals surface area contributed by atoms with Crippen LogP contribution in [0.3, 0.4) is 0 Å². The summed E-state index contributed by atoms with van der Waals surface area (Å²) in [6, 6.07) is 9.82. The number of aryl methyl sites for hydroxylation is 1. The highest BCUT2D eigenvalue weighted by Gasteiger charge is 2.04. The van der Waals surface area contributed by atoms with Crippen molar-refractivity contribution in [2.75, 3.05) is 7.05 Å². The van der Waals surface area contributed by atoms with Gasteiger partial charge in [0.15, 0.2) is 5.76 Å². The summed E-state index contributed by atoms with van der Waals surface area (Å²) in [6.07, 6.45) is 0. The van der Waals surface area contributed by atoms with Gasteiger partial charge in [0.05, 0.1) is 5.69 Å². The molecule has 0 unspecified atom stereocenters. The van der Waals surface area contributed by atoms with Crippen molar-refractivity contribution >= 4 is 0 Å². The Kier molecular flexibility index (Phi) is 3.77. The van der Waals surface area contributed by atoms with E-state index in [-0.39, 0.29) is 0 Å². The summed E-state index contributed by atoms with van der Waals surface area (Å²) in [6.45, 7) is 3.14. The molecule has 0 bridgehead atoms. The molecular weight excluding hydrogens is 216 g/mol. The third kappa shape index (κ3) is 3.32. The Morgan fingerprint density at radius 1 is 1.35 bits per heavy atom. The van der Waals surface area contributed by atoms with Crippen molar-refractivity contribution < 1.29 is 9.26 Å². The molecule has 1 heterocycles. The molecule has 0 radical (unpaired) electrons. The number of benzene rings is 1. The minimum absolute atomic E-state index is 0.403. The van der Waals surface area contributed by atoms with Gasteiger partial charge in [-0.2, -0.15) is 0 Å². The molecule has 0 aliphatic rings. The van der Waals surface area contributed by atoms with Gasteiger partial charge in [0.1, 0.15) is 12.4 Å². The van der Waals surface area contributed by atoms with E-state index in [4.69, 9.17) is 9.26 Å². The molecule has 90 valence electrons. The molecular formula is C13H16N2O2. The molecule has 0 aliphatic heterocycles. The van der Waals surface area contributed by atoms with Crippen LogP contribution < -0.4 is 10.1 Å². The highest BCUT2D eigenvalue weighted by molar-refractivity contribution is 5.27. The summed E-state index contributed by atoms with van der Waals surface area (Å²) < 4.78 is 10.8. The zero-order chi connectivity index (χ0) is 12.1. The number of ether oxygens (including phenoxy) is 1. The van der Waals surface area contributed by atoms with E-state index in [1.54, 1.807) is 0 Å². The first-order valence-electron chi connectivity index (χ1n) is 5.56. The van der Waals surface area contributed by atoms with Crippen LogP contribution in [0.5, 0.6) is 5.75 Å². The first-order chi connectivity index (χ1) is 8.28. The number of rotatable bonds is 5. The summed E-state index contributed by atoms with van der Waals surface area (Å²) >= 11 is 0. The van der Waals surface area contributed by atoms with Gasteiger partial charge in [-0.05, 0) is 31.7 Å². The minimum atomic E-state index is 0.403. The highest BCUT2D eigenvalue weighted by atomic mass is 16.5. The Balaban J connectivity index is 1.93. The van der Waals surface area contributed by atoms with E-state index in [0.29, 0.717) is 13.2 Å². The van der Waals surface area contributed by atoms with Crippen LogP contribution in [0, 0.1) is 6.92 Å². The monoisotopic (exact) mass is 232 g/mol. The Morgan fingerprint density at radius 3 is 3.00 bits per heavy atom. The van der Waals surface area contributed by atoms with Crippen molar-refractivity contribution in [3.05, 3.63) is 47.3 Å². The molecule has 1 aromatic carbocycles. The lowest BCUT2D eigenvalue weighted by atomic mass is 10.2. The fourth-order valence-corrected chi connectivity index (χ4v) is 1.55. The topological polar surface area (TPSA) is 47.3 Å². The van der Waals surface area contributed by atoms with Gasteiger partial charge in [-0.15, -0.1) is 0 Å². The SMILES string of the molecule is CNCc1cc(COc2cccc(C)c2)on1. The fourth-order valence-electron chi connectivity index (χ4n) is 1.55. The van der Waals surface area contributed by atoms with Gasteiger partial charge in [-0.1, -0.05) is 17.3 Å². The maximum atomic E-state index is 5.61. The van der Waals surface area contributed by atoms with E-state index < -0.39 is 0 Å². The van der Waals surface area contributed by atoms with Crippen LogP contribution in [0.1, 0.15) is 17.0 Å². The predicted octanol–water partition coefficient (Wildman–Crippen LogP) is 2.28. The lowest BCUT2D eigenvalue weighted by molar-refractivity contribution is 0.248. The quantitative estimate of drug-likeness (QED) is 0.859. The summed E-state index contributed by atoms with van der Waals surface area (Å²) in [7, 11) is 1.87. The Hall–Kier alpha value is -1.81. The third-order valence-corrected chi connectivity index (χ3v) is 2.34. The number of aromatic nitrogens is 1. The second kappa shape index (κ2) is 5.50. The predicted molar refractivity (Wildman–Crippen MR) is 64.8 cm³/mol. The summed E-state index contributed by atoms with van der Waals surface area (Å²) in [5, 5.41) is 6.93. The van der Waals surface area contributed by atoms with Crippen molar-refractivity contribution in [2.24, 2.45) is 0 Å². The van der Waals surface area contributed by atoms with Gasteiger partial charge in [0, 0.05) is 12.6 Å². The normalized spacial score (nSPS) is 10.5. The van der Waals surface area contributed by atoms with E-state index in [2.05, 4.69) is 10.5 Å². The van der Waals surface area contributed by atoms with Crippen LogP contribution in [0.2, 0.25) is 0 Å². The van der Waals surface area contributed by atoms with E-state index in [1.165, 1.54) is 5.56 Å². The van der Waals surface area contributed by atoms with Crippen molar-refractivity contribution in [2.45, 2.75) is 20.1 Å². The van der Waals surface area contributed by atoms with Crippen molar-refractivity contribution in [1.29, 1.82) is 0 Å². The van der Waals surface area contributed by atoms with Crippen LogP contribution in [0.15, 0.2) is 34.9 Å². The Labute approximate surface area is 101 Å². The molecule has 0 atom stereocenters. The minimum Gasteiger partial charge on any atom is -0.486 e. The maximum Gasteiger partial charge on any atom is 0.174 e. The standard InChI is InChI=1S/C13H16N2O2/c1-10-4-3-5-12(6-10)16-9-13-7-11(8-14-2)15-17-13/h3-7,14H,8-9H2,1-2H3. The number of nitrogens with one attached hydrogen (secondary N) is 1. The molecule has 2 rings (SSSR count). The Morgan fingerprint density at radius 2 is 2.24 bits per heavy atom. The van der Waals surface area contributed by atoms with Gasteiger partial charge in [-0.3, -0.25) is 0 Å². The Bertz CT molecular complexity index is 480. The second-order valence-corrected chi connectivity index (χ2v) is 3.92. The number of hydrogen-bond donors (Lipinski definition) is 1. The molecule has 0 fully saturated rings. The summed E-state index contributed by atoms with van der Waals surface area (Å²) in [5.74, 6) is 1.58. The maximum absolute atomic E-state index is 5.61. The van der Waals surface area contributed by atoms with Gasteiger partial charge in [0.2, 0.25) is 0 Å². The summed E-state index contributed by atoms with van der Waals surface area (Å²) in [4.78, 5) is 0. The average Bonchev–Trinajstić information content (AvgIpc) is 2.75. The zero-order valence-electron chi connectivity index (χ0n) is 10.1. The molecule has 1 N–H and O–H groups in total. The smallest absolute Gasteiger partial charge is 0.174 e. The molecule has 0 spiro atoms. The first-order valence-corrected chi connectivity index (χ1v) is 5.56. The third-order valence-electron chi connectivity index (χ3n) is 2.34. The fraction of sp³-hybridized carbons (Fsp3) is 0.308. The first kappa shape index (κ1) is 11.7. The lowest BCUT2D eigenvalue weighted by Crippen LogP contribution is -2.04. The highest BCUT2D eigenvalue weighted by Crippen LogP contribution is 2.14. The molecule has 1 aromatic heterocycles. The molecule has 4 heteroatoms. The van der Waals surface area contributed by atoms with Gasteiger partial charge in [0.25, 0.3) is 0 Å². The lowest BCUT2D eigenvalue weighted by Gasteiger charge is -2.03. The molecule has 0 saturated heterocycles. The van der Waals surface area contributed by atoms with Crippen molar-refractivity contribution in [3.63, 3.8) is 0 Å². The van der Waals surface area contributed by atoms with Crippen LogP contribution in [-0.2, 0) is 13.2 Å². The number of nitrogens with zero attached hydrogens (tertiary/aromatic N) is 1. The van der Waals surface area contributed by atoms with Crippen LogP contribution >= 0.6 is 0 Å². The zero-order valence-corrected chi connectivity index (χ0v) is 10.1. The average molecular weight is 232 g/mol. The largest absolute Gasteiger partial charge is 0.486 e. The molecule has 0 aliphatic carbocycles. The van der Waals surface area contributed by atoms with E-state index >= 15 is 0 Å². The molecule has 17 heavy (non-hydrogen) atoms. The molecule has 0 amide bonds. The van der Waals surface area contributed by atoms with Crippen molar-refractivity contribution in [3.8, 4) is 5.75 Å². The second-order valence-electron chi connectivity index (χ2n) is 3.92. The van der Waals surface area contributed by atoms with E-state index in [0.717, 1.165) is 17.2 Å². The number of hydrogen-bond acceptors (Lipinski definition) is 4. The molecule has 2 aromatic rings. The van der Waals surface area contributed by atoms with Gasteiger partial charge in [-0.25, -0.2) is 0 Å². The summed E-state index contributed by atoms with van der Waals surface area (Å²) in [5.41, 5.74) is 2.06. The van der Waals surface area contributed by atoms with Gasteiger partial charge >= 0.3 is 0 Å². The van der Waals surface area contributed by atoms with Crippen molar-refractivity contribution in [1.82, 2.24) is 10.5 Å². The van der Waals surface area contributed by atoms with E-state index in [9.17, 15) is 0 Å². The molecule has 4 nitrogen and oxygen atoms in total. The van der Waals surface area contributed by atoms with Crippen LogP contribution in [-0.4, -0.2) is 12.2 Å². The van der Waals surface area contributed by atoms with Crippen LogP contribution in [0.4, 0.5) is 0 Å². The van der Waals surface area contributed by atoms with Crippen LogP contribution in [0.25, 0.3) is 0 Å². The van der Waals surface area contributed by atoms with E-state index in [1.807, 2.05) is 44.3 Å².